The van der Waals surface area contributed by atoms with Gasteiger partial charge in [-0.25, -0.2) is 0 Å². The van der Waals surface area contributed by atoms with Gasteiger partial charge in [-0.3, -0.25) is 4.79 Å². The lowest BCUT2D eigenvalue weighted by molar-refractivity contribution is -0.126. The third-order valence-corrected chi connectivity index (χ3v) is 2.46. The Labute approximate surface area is 79.3 Å². The van der Waals surface area contributed by atoms with Gasteiger partial charge < -0.3 is 10.6 Å². The normalized spacial score (nSPS) is 17.2. The molecular weight excluding hydrogens is 164 g/mol. The van der Waals surface area contributed by atoms with Crippen LogP contribution >= 0.6 is 0 Å². The van der Waals surface area contributed by atoms with E-state index in [0.29, 0.717) is 12.5 Å². The van der Waals surface area contributed by atoms with Crippen molar-refractivity contribution in [2.45, 2.75) is 25.8 Å². The number of carbonyl (C=O) groups excluding carboxylic acids is 1. The summed E-state index contributed by atoms with van der Waals surface area (Å²) in [7, 11) is 1.78. The maximum absolute atomic E-state index is 11.4. The number of likely N-dealkylation sites (N-methyl/N-ethyl adjacent to an activating group) is 1. The molecule has 0 bridgehead atoms. The molecule has 1 atom stereocenters. The summed E-state index contributed by atoms with van der Waals surface area (Å²) < 4.78 is 0. The number of hydrogen-bond acceptors (Lipinski definition) is 2. The van der Waals surface area contributed by atoms with Gasteiger partial charge in [-0.05, 0) is 31.6 Å². The number of amides is 1. The van der Waals surface area contributed by atoms with Crippen LogP contribution in [-0.4, -0.2) is 30.4 Å². The number of carbonyl (C=O) groups is 1. The Hall–Kier alpha value is -1.01. The molecule has 0 aromatic rings. The number of hydrogen-bond donors (Lipinski definition) is 1. The van der Waals surface area contributed by atoms with Crippen molar-refractivity contribution in [3.8, 4) is 11.8 Å². The van der Waals surface area contributed by atoms with Gasteiger partial charge in [0.1, 0.15) is 0 Å². The number of rotatable bonds is 3. The number of nitrogens with zero attached hydrogens (tertiary/aromatic N) is 1. The van der Waals surface area contributed by atoms with Crippen molar-refractivity contribution in [1.82, 2.24) is 4.90 Å². The third-order valence-electron chi connectivity index (χ3n) is 2.46. The van der Waals surface area contributed by atoms with Gasteiger partial charge in [0.2, 0.25) is 0 Å². The summed E-state index contributed by atoms with van der Waals surface area (Å²) in [6.07, 6.45) is 2.39. The molecule has 3 nitrogen and oxygen atoms in total. The predicted octanol–water partition coefficient (Wildman–Crippen LogP) is 0.205. The van der Waals surface area contributed by atoms with Crippen molar-refractivity contribution < 1.29 is 4.79 Å². The third kappa shape index (κ3) is 2.46. The Morgan fingerprint density at radius 3 is 2.69 bits per heavy atom. The molecule has 0 radical (unpaired) electrons. The van der Waals surface area contributed by atoms with Crippen LogP contribution in [0.25, 0.3) is 0 Å². The van der Waals surface area contributed by atoms with Crippen LogP contribution in [0, 0.1) is 17.8 Å². The Morgan fingerprint density at radius 1 is 1.69 bits per heavy atom. The largest absolute Gasteiger partial charge is 0.330 e. The van der Waals surface area contributed by atoms with E-state index in [0.717, 1.165) is 0 Å². The van der Waals surface area contributed by atoms with E-state index in [1.54, 1.807) is 18.9 Å². The van der Waals surface area contributed by atoms with Gasteiger partial charge in [-0.2, -0.15) is 0 Å². The Morgan fingerprint density at radius 2 is 2.31 bits per heavy atom. The zero-order valence-electron chi connectivity index (χ0n) is 8.21. The van der Waals surface area contributed by atoms with Gasteiger partial charge in [-0.15, -0.1) is 0 Å². The molecule has 2 N–H and O–H groups in total. The minimum Gasteiger partial charge on any atom is -0.330 e. The molecule has 0 aromatic carbocycles. The van der Waals surface area contributed by atoms with Crippen molar-refractivity contribution in [2.24, 2.45) is 11.7 Å². The minimum absolute atomic E-state index is 0.121. The van der Waals surface area contributed by atoms with Gasteiger partial charge in [0.15, 0.2) is 0 Å². The molecule has 1 aliphatic carbocycles. The van der Waals surface area contributed by atoms with Crippen LogP contribution in [-0.2, 0) is 4.79 Å². The molecule has 1 saturated carbocycles. The predicted molar refractivity (Wildman–Crippen MR) is 51.8 cm³/mol. The monoisotopic (exact) mass is 180 g/mol. The molecule has 0 aromatic heterocycles. The van der Waals surface area contributed by atoms with Crippen molar-refractivity contribution >= 4 is 5.91 Å². The first-order valence-corrected chi connectivity index (χ1v) is 4.60. The summed E-state index contributed by atoms with van der Waals surface area (Å²) in [4.78, 5) is 13.0. The maximum Gasteiger partial charge on any atom is 0.298 e. The van der Waals surface area contributed by atoms with Crippen LogP contribution in [0.2, 0.25) is 0 Å². The van der Waals surface area contributed by atoms with Crippen molar-refractivity contribution in [3.05, 3.63) is 0 Å². The molecule has 1 unspecified atom stereocenters. The molecule has 1 rings (SSSR count). The van der Waals surface area contributed by atoms with Crippen LogP contribution in [0.3, 0.4) is 0 Å². The maximum atomic E-state index is 11.4. The van der Waals surface area contributed by atoms with Crippen LogP contribution in [0.4, 0.5) is 0 Å². The molecule has 13 heavy (non-hydrogen) atoms. The lowest BCUT2D eigenvalue weighted by Gasteiger charge is -2.24. The molecule has 0 aliphatic heterocycles. The van der Waals surface area contributed by atoms with Crippen LogP contribution in [0.1, 0.15) is 19.8 Å². The fraction of sp³-hybridized carbons (Fsp3) is 0.700. The standard InChI is InChI=1S/C10H16N2O/c1-3-4-10(13)12(2)9(7-11)8-5-6-8/h8-9H,5-7,11H2,1-2H3. The van der Waals surface area contributed by atoms with E-state index < -0.39 is 0 Å². The highest BCUT2D eigenvalue weighted by atomic mass is 16.2. The zero-order chi connectivity index (χ0) is 9.84. The SMILES string of the molecule is CC#CC(=O)N(C)C(CN)C1CC1. The summed E-state index contributed by atoms with van der Waals surface area (Å²) in [6.45, 7) is 2.21. The Balaban J connectivity index is 2.55. The first kappa shape index (κ1) is 10.1. The van der Waals surface area contributed by atoms with E-state index >= 15 is 0 Å². The topological polar surface area (TPSA) is 46.3 Å². The van der Waals surface area contributed by atoms with Crippen LogP contribution < -0.4 is 5.73 Å². The van der Waals surface area contributed by atoms with Crippen molar-refractivity contribution in [1.29, 1.82) is 0 Å². The van der Waals surface area contributed by atoms with E-state index in [2.05, 4.69) is 11.8 Å². The molecule has 1 fully saturated rings. The molecule has 1 aliphatic rings. The van der Waals surface area contributed by atoms with E-state index in [1.807, 2.05) is 0 Å². The summed E-state index contributed by atoms with van der Waals surface area (Å²) in [5, 5.41) is 0. The lowest BCUT2D eigenvalue weighted by atomic mass is 10.1. The summed E-state index contributed by atoms with van der Waals surface area (Å²) in [5.74, 6) is 5.62. The molecule has 0 saturated heterocycles. The highest BCUT2D eigenvalue weighted by Crippen LogP contribution is 2.34. The molecular formula is C10H16N2O. The van der Waals surface area contributed by atoms with E-state index in [-0.39, 0.29) is 11.9 Å². The van der Waals surface area contributed by atoms with Gasteiger partial charge in [0, 0.05) is 19.6 Å². The molecule has 0 spiro atoms. The van der Waals surface area contributed by atoms with E-state index in [1.165, 1.54) is 12.8 Å². The highest BCUT2D eigenvalue weighted by molar-refractivity contribution is 5.93. The summed E-state index contributed by atoms with van der Waals surface area (Å²) >= 11 is 0. The van der Waals surface area contributed by atoms with Crippen molar-refractivity contribution in [3.63, 3.8) is 0 Å². The van der Waals surface area contributed by atoms with E-state index in [4.69, 9.17) is 5.73 Å². The van der Waals surface area contributed by atoms with Gasteiger partial charge >= 0.3 is 0 Å². The molecule has 1 amide bonds. The van der Waals surface area contributed by atoms with Crippen LogP contribution in [0.5, 0.6) is 0 Å². The minimum atomic E-state index is -0.121. The van der Waals surface area contributed by atoms with Crippen LogP contribution in [0.15, 0.2) is 0 Å². The average Bonchev–Trinajstić information content (AvgIpc) is 2.90. The highest BCUT2D eigenvalue weighted by Gasteiger charge is 2.34. The smallest absolute Gasteiger partial charge is 0.298 e. The average molecular weight is 180 g/mol. The second kappa shape index (κ2) is 4.29. The zero-order valence-corrected chi connectivity index (χ0v) is 8.21. The second-order valence-electron chi connectivity index (χ2n) is 3.43. The lowest BCUT2D eigenvalue weighted by Crippen LogP contribution is -2.42. The first-order chi connectivity index (χ1) is 6.20. The fourth-order valence-corrected chi connectivity index (χ4v) is 1.49. The van der Waals surface area contributed by atoms with Gasteiger partial charge in [0.25, 0.3) is 5.91 Å². The number of nitrogens with two attached hydrogens (primary N) is 1. The Kier molecular flexibility index (Phi) is 3.32. The quantitative estimate of drug-likeness (QED) is 0.631. The first-order valence-electron chi connectivity index (χ1n) is 4.60. The van der Waals surface area contributed by atoms with Gasteiger partial charge in [0.05, 0.1) is 0 Å². The molecule has 72 valence electrons. The van der Waals surface area contributed by atoms with E-state index in [9.17, 15) is 4.79 Å². The summed E-state index contributed by atoms with van der Waals surface area (Å²) in [6, 6.07) is 0.188. The fourth-order valence-electron chi connectivity index (χ4n) is 1.49. The molecule has 3 heteroatoms. The molecule has 0 heterocycles. The van der Waals surface area contributed by atoms with Gasteiger partial charge in [-0.1, -0.05) is 5.92 Å². The Bertz CT molecular complexity index is 247. The summed E-state index contributed by atoms with van der Waals surface area (Å²) in [5.41, 5.74) is 5.61. The second-order valence-corrected chi connectivity index (χ2v) is 3.43. The van der Waals surface area contributed by atoms with Crippen molar-refractivity contribution in [2.75, 3.05) is 13.6 Å².